The SMILES string of the molecule is CCCCCCCCP(P)(CC)(CCCCCCCC)CCCCCCCC. The molecule has 0 heterocycles. The third-order valence-corrected chi connectivity index (χ3v) is 16.9. The molecular weight excluding hydrogens is 374 g/mol. The van der Waals surface area contributed by atoms with Crippen LogP contribution in [0.5, 0.6) is 0 Å². The first-order valence-corrected chi connectivity index (χ1v) is 17.9. The molecule has 0 aromatic heterocycles. The van der Waals surface area contributed by atoms with Crippen molar-refractivity contribution in [1.29, 1.82) is 0 Å². The fourth-order valence-electron chi connectivity index (χ4n) is 4.77. The van der Waals surface area contributed by atoms with E-state index in [1.807, 2.05) is 0 Å². The van der Waals surface area contributed by atoms with Crippen LogP contribution in [0.2, 0.25) is 0 Å². The molecule has 0 aliphatic carbocycles. The predicted octanol–water partition coefficient (Wildman–Crippen LogP) is 10.4. The van der Waals surface area contributed by atoms with E-state index < -0.39 is 6.29 Å². The number of hydrogen-bond donors (Lipinski definition) is 0. The Hall–Kier alpha value is 0.860. The van der Waals surface area contributed by atoms with Gasteiger partial charge in [-0.15, -0.1) is 0 Å². The van der Waals surface area contributed by atoms with Crippen molar-refractivity contribution in [3.8, 4) is 0 Å². The first kappa shape index (κ1) is 28.9. The second kappa shape index (κ2) is 18.6. The third kappa shape index (κ3) is 14.8. The van der Waals surface area contributed by atoms with Crippen molar-refractivity contribution in [2.24, 2.45) is 0 Å². The van der Waals surface area contributed by atoms with Gasteiger partial charge in [0.05, 0.1) is 0 Å². The van der Waals surface area contributed by atoms with Crippen LogP contribution >= 0.6 is 15.2 Å². The van der Waals surface area contributed by atoms with Gasteiger partial charge in [0, 0.05) is 0 Å². The molecule has 0 nitrogen and oxygen atoms in total. The molecule has 0 amide bonds. The molecule has 0 rings (SSSR count). The van der Waals surface area contributed by atoms with Gasteiger partial charge in [0.15, 0.2) is 0 Å². The summed E-state index contributed by atoms with van der Waals surface area (Å²) in [6.07, 6.45) is 30.9. The van der Waals surface area contributed by atoms with Gasteiger partial charge in [0.25, 0.3) is 0 Å². The average molecular weight is 433 g/mol. The van der Waals surface area contributed by atoms with Crippen LogP contribution in [-0.2, 0) is 0 Å². The van der Waals surface area contributed by atoms with E-state index in [9.17, 15) is 0 Å². The summed E-state index contributed by atoms with van der Waals surface area (Å²) in [4.78, 5) is 0. The van der Waals surface area contributed by atoms with E-state index in [4.69, 9.17) is 0 Å². The van der Waals surface area contributed by atoms with Crippen molar-refractivity contribution in [2.45, 2.75) is 143 Å². The fourth-order valence-corrected chi connectivity index (χ4v) is 11.3. The Labute approximate surface area is 183 Å². The van der Waals surface area contributed by atoms with E-state index in [1.54, 1.807) is 18.5 Å². The number of rotatable bonds is 22. The third-order valence-electron chi connectivity index (χ3n) is 7.20. The van der Waals surface area contributed by atoms with Gasteiger partial charge in [-0.25, -0.2) is 0 Å². The summed E-state index contributed by atoms with van der Waals surface area (Å²) in [5.74, 6) is 0. The van der Waals surface area contributed by atoms with Crippen LogP contribution < -0.4 is 0 Å². The van der Waals surface area contributed by atoms with E-state index in [0.717, 1.165) is 0 Å². The van der Waals surface area contributed by atoms with Crippen LogP contribution in [0.3, 0.4) is 0 Å². The van der Waals surface area contributed by atoms with Crippen LogP contribution in [0.25, 0.3) is 0 Å². The molecule has 0 saturated heterocycles. The fraction of sp³-hybridized carbons (Fsp3) is 1.00. The molecule has 0 aliphatic heterocycles. The summed E-state index contributed by atoms with van der Waals surface area (Å²) in [7, 11) is 3.60. The molecule has 172 valence electrons. The van der Waals surface area contributed by atoms with E-state index in [0.29, 0.717) is 0 Å². The van der Waals surface area contributed by atoms with E-state index in [-0.39, 0.29) is 0 Å². The number of unbranched alkanes of at least 4 members (excludes halogenated alkanes) is 15. The second-order valence-electron chi connectivity index (χ2n) is 9.86. The van der Waals surface area contributed by atoms with Gasteiger partial charge in [-0.3, -0.25) is 0 Å². The van der Waals surface area contributed by atoms with Gasteiger partial charge >= 0.3 is 183 Å². The molecule has 0 aromatic carbocycles. The van der Waals surface area contributed by atoms with Crippen molar-refractivity contribution in [3.63, 3.8) is 0 Å². The Morgan fingerprint density at radius 3 is 0.893 bits per heavy atom. The second-order valence-corrected chi connectivity index (χ2v) is 20.4. The minimum absolute atomic E-state index is 1.37. The topological polar surface area (TPSA) is 0 Å². The molecule has 0 bridgehead atoms. The summed E-state index contributed by atoms with van der Waals surface area (Å²) in [5, 5.41) is 0. The van der Waals surface area contributed by atoms with Crippen molar-refractivity contribution in [3.05, 3.63) is 0 Å². The molecule has 0 aromatic rings. The molecule has 2 heteroatoms. The van der Waals surface area contributed by atoms with Crippen LogP contribution in [0.1, 0.15) is 143 Å². The molecule has 0 saturated carbocycles. The zero-order chi connectivity index (χ0) is 21.0. The molecule has 0 fully saturated rings. The zero-order valence-corrected chi connectivity index (χ0v) is 22.6. The van der Waals surface area contributed by atoms with E-state index in [2.05, 4.69) is 36.6 Å². The van der Waals surface area contributed by atoms with Crippen LogP contribution in [0.4, 0.5) is 0 Å². The van der Waals surface area contributed by atoms with Gasteiger partial charge in [-0.05, 0) is 0 Å². The summed E-state index contributed by atoms with van der Waals surface area (Å²) >= 11 is 0. The van der Waals surface area contributed by atoms with Gasteiger partial charge < -0.3 is 0 Å². The van der Waals surface area contributed by atoms with Crippen LogP contribution in [-0.4, -0.2) is 24.6 Å². The minimum atomic E-state index is -1.55. The first-order valence-electron chi connectivity index (χ1n) is 13.4. The summed E-state index contributed by atoms with van der Waals surface area (Å²) < 4.78 is 0. The first-order chi connectivity index (χ1) is 13.5. The van der Waals surface area contributed by atoms with Gasteiger partial charge in [0.1, 0.15) is 0 Å². The standard InChI is InChI=1S/C26H58P2/c1-5-9-12-15-18-21-24-28(27,8-4,25-22-19-16-13-10-6-2)26-23-20-17-14-11-7-3/h5-27H2,1-4H3. The van der Waals surface area contributed by atoms with Crippen molar-refractivity contribution < 1.29 is 0 Å². The molecule has 0 spiro atoms. The monoisotopic (exact) mass is 432 g/mol. The van der Waals surface area contributed by atoms with E-state index >= 15 is 0 Å². The molecule has 1 atom stereocenters. The van der Waals surface area contributed by atoms with Gasteiger partial charge in [-0.2, -0.15) is 0 Å². The summed E-state index contributed by atoms with van der Waals surface area (Å²) in [6.45, 7) is 9.52. The predicted molar refractivity (Wildman–Crippen MR) is 142 cm³/mol. The van der Waals surface area contributed by atoms with Crippen LogP contribution in [0, 0.1) is 0 Å². The van der Waals surface area contributed by atoms with Crippen molar-refractivity contribution >= 4 is 15.2 Å². The summed E-state index contributed by atoms with van der Waals surface area (Å²) in [6, 6.07) is 0. The maximum atomic E-state index is 3.60. The molecule has 0 aliphatic rings. The van der Waals surface area contributed by atoms with Crippen molar-refractivity contribution in [1.82, 2.24) is 0 Å². The van der Waals surface area contributed by atoms with Gasteiger partial charge in [-0.1, -0.05) is 0 Å². The Morgan fingerprint density at radius 2 is 0.643 bits per heavy atom. The normalized spacial score (nSPS) is 13.5. The number of hydrogen-bond acceptors (Lipinski definition) is 0. The average Bonchev–Trinajstić information content (AvgIpc) is 2.70. The molecule has 0 N–H and O–H groups in total. The van der Waals surface area contributed by atoms with Crippen molar-refractivity contribution in [2.75, 3.05) is 24.6 Å². The Kier molecular flexibility index (Phi) is 19.2. The maximum absolute atomic E-state index is 3.60. The Balaban J connectivity index is 4.51. The van der Waals surface area contributed by atoms with Gasteiger partial charge in [0.2, 0.25) is 0 Å². The molecular formula is C26H58P2. The molecule has 1 unspecified atom stereocenters. The Morgan fingerprint density at radius 1 is 0.393 bits per heavy atom. The quantitative estimate of drug-likeness (QED) is 0.118. The summed E-state index contributed by atoms with van der Waals surface area (Å²) in [5.41, 5.74) is 0. The van der Waals surface area contributed by atoms with Crippen LogP contribution in [0.15, 0.2) is 0 Å². The van der Waals surface area contributed by atoms with E-state index in [1.165, 1.54) is 122 Å². The Bertz CT molecular complexity index is 283. The zero-order valence-electron chi connectivity index (χ0n) is 20.6. The molecule has 0 radical (unpaired) electrons. The molecule has 28 heavy (non-hydrogen) atoms.